The van der Waals surface area contributed by atoms with Crippen LogP contribution in [0.4, 0.5) is 0 Å². The largest absolute Gasteiger partial charge is 0.343 e. The third-order valence-corrected chi connectivity index (χ3v) is 5.18. The molecular formula is C20H28N2O2. The van der Waals surface area contributed by atoms with E-state index in [1.807, 2.05) is 36.1 Å². The highest BCUT2D eigenvalue weighted by atomic mass is 16.2. The third kappa shape index (κ3) is 4.91. The SMILES string of the molecule is Cc1ccc(C(=O)CCC(=O)N2CCC(NCC3CC3)CC2)cc1. The number of nitrogens with zero attached hydrogens (tertiary/aromatic N) is 1. The molecular weight excluding hydrogens is 300 g/mol. The number of benzene rings is 1. The fourth-order valence-electron chi connectivity index (χ4n) is 3.25. The topological polar surface area (TPSA) is 49.4 Å². The average Bonchev–Trinajstić information content (AvgIpc) is 3.43. The highest BCUT2D eigenvalue weighted by Crippen LogP contribution is 2.28. The molecule has 0 aromatic heterocycles. The number of rotatable bonds is 7. The van der Waals surface area contributed by atoms with E-state index in [0.29, 0.717) is 24.4 Å². The Hall–Kier alpha value is -1.68. The number of amides is 1. The molecule has 1 heterocycles. The van der Waals surface area contributed by atoms with Gasteiger partial charge < -0.3 is 10.2 Å². The molecule has 1 N–H and O–H groups in total. The van der Waals surface area contributed by atoms with E-state index in [0.717, 1.165) is 44.0 Å². The highest BCUT2D eigenvalue weighted by Gasteiger charge is 2.26. The Morgan fingerprint density at radius 1 is 1.04 bits per heavy atom. The molecule has 4 heteroatoms. The summed E-state index contributed by atoms with van der Waals surface area (Å²) in [5, 5.41) is 3.63. The molecule has 1 aliphatic heterocycles. The molecule has 1 aliphatic carbocycles. The zero-order valence-corrected chi connectivity index (χ0v) is 14.6. The molecule has 2 fully saturated rings. The standard InChI is InChI=1S/C20H28N2O2/c1-15-2-6-17(7-3-15)19(23)8-9-20(24)22-12-10-18(11-13-22)21-14-16-4-5-16/h2-3,6-7,16,18,21H,4-5,8-14H2,1H3. The van der Waals surface area contributed by atoms with Crippen molar-refractivity contribution in [2.45, 2.75) is 51.5 Å². The summed E-state index contributed by atoms with van der Waals surface area (Å²) in [6.07, 6.45) is 5.45. The van der Waals surface area contributed by atoms with Gasteiger partial charge in [-0.1, -0.05) is 29.8 Å². The van der Waals surface area contributed by atoms with Gasteiger partial charge in [0.25, 0.3) is 0 Å². The van der Waals surface area contributed by atoms with Crippen molar-refractivity contribution in [2.24, 2.45) is 5.92 Å². The number of likely N-dealkylation sites (tertiary alicyclic amines) is 1. The molecule has 0 radical (unpaired) electrons. The van der Waals surface area contributed by atoms with Crippen molar-refractivity contribution in [1.29, 1.82) is 0 Å². The number of piperidine rings is 1. The Balaban J connectivity index is 1.37. The predicted octanol–water partition coefficient (Wildman–Crippen LogP) is 2.95. The summed E-state index contributed by atoms with van der Waals surface area (Å²) in [6.45, 7) is 4.78. The van der Waals surface area contributed by atoms with Gasteiger partial charge in [0.05, 0.1) is 0 Å². The highest BCUT2D eigenvalue weighted by molar-refractivity contribution is 5.97. The van der Waals surface area contributed by atoms with Crippen LogP contribution in [0.3, 0.4) is 0 Å². The second-order valence-electron chi connectivity index (χ2n) is 7.30. The van der Waals surface area contributed by atoms with Gasteiger partial charge in [0.15, 0.2) is 5.78 Å². The van der Waals surface area contributed by atoms with Crippen LogP contribution in [-0.2, 0) is 4.79 Å². The van der Waals surface area contributed by atoms with Gasteiger partial charge in [-0.05, 0) is 45.1 Å². The van der Waals surface area contributed by atoms with Crippen molar-refractivity contribution in [3.05, 3.63) is 35.4 Å². The van der Waals surface area contributed by atoms with E-state index < -0.39 is 0 Å². The van der Waals surface area contributed by atoms with Gasteiger partial charge >= 0.3 is 0 Å². The molecule has 1 amide bonds. The van der Waals surface area contributed by atoms with Crippen LogP contribution in [0.25, 0.3) is 0 Å². The monoisotopic (exact) mass is 328 g/mol. The van der Waals surface area contributed by atoms with E-state index in [9.17, 15) is 9.59 Å². The summed E-state index contributed by atoms with van der Waals surface area (Å²) in [5.41, 5.74) is 1.84. The van der Waals surface area contributed by atoms with Crippen LogP contribution >= 0.6 is 0 Å². The van der Waals surface area contributed by atoms with Gasteiger partial charge in [-0.25, -0.2) is 0 Å². The van der Waals surface area contributed by atoms with Crippen molar-refractivity contribution in [3.8, 4) is 0 Å². The maximum absolute atomic E-state index is 12.3. The number of hydrogen-bond donors (Lipinski definition) is 1. The first-order chi connectivity index (χ1) is 11.6. The van der Waals surface area contributed by atoms with Crippen LogP contribution in [0, 0.1) is 12.8 Å². The number of carbonyl (C=O) groups is 2. The molecule has 130 valence electrons. The molecule has 1 aromatic carbocycles. The van der Waals surface area contributed by atoms with Gasteiger partial charge in [0, 0.05) is 37.5 Å². The molecule has 0 unspecified atom stereocenters. The van der Waals surface area contributed by atoms with Crippen molar-refractivity contribution < 1.29 is 9.59 Å². The molecule has 4 nitrogen and oxygen atoms in total. The third-order valence-electron chi connectivity index (χ3n) is 5.18. The average molecular weight is 328 g/mol. The lowest BCUT2D eigenvalue weighted by Gasteiger charge is -2.32. The molecule has 2 aliphatic rings. The van der Waals surface area contributed by atoms with Crippen molar-refractivity contribution in [2.75, 3.05) is 19.6 Å². The first kappa shape index (κ1) is 17.2. The molecule has 3 rings (SSSR count). The Kier molecular flexibility index (Phi) is 5.67. The fraction of sp³-hybridized carbons (Fsp3) is 0.600. The van der Waals surface area contributed by atoms with E-state index in [1.165, 1.54) is 12.8 Å². The number of nitrogens with one attached hydrogen (secondary N) is 1. The van der Waals surface area contributed by atoms with E-state index in [2.05, 4.69) is 5.32 Å². The molecule has 1 saturated heterocycles. The molecule has 0 bridgehead atoms. The van der Waals surface area contributed by atoms with Gasteiger partial charge in [0.1, 0.15) is 0 Å². The van der Waals surface area contributed by atoms with Crippen molar-refractivity contribution >= 4 is 11.7 Å². The maximum Gasteiger partial charge on any atom is 0.223 e. The van der Waals surface area contributed by atoms with Crippen LogP contribution in [0.15, 0.2) is 24.3 Å². The van der Waals surface area contributed by atoms with Crippen molar-refractivity contribution in [1.82, 2.24) is 10.2 Å². The molecule has 1 saturated carbocycles. The number of aryl methyl sites for hydroxylation is 1. The van der Waals surface area contributed by atoms with Gasteiger partial charge in [0.2, 0.25) is 5.91 Å². The summed E-state index contributed by atoms with van der Waals surface area (Å²) < 4.78 is 0. The number of hydrogen-bond acceptors (Lipinski definition) is 3. The molecule has 0 spiro atoms. The van der Waals surface area contributed by atoms with Crippen LogP contribution in [-0.4, -0.2) is 42.3 Å². The Bertz CT molecular complexity index is 570. The normalized spacial score (nSPS) is 18.6. The zero-order valence-electron chi connectivity index (χ0n) is 14.6. The lowest BCUT2D eigenvalue weighted by atomic mass is 10.0. The second kappa shape index (κ2) is 7.93. The molecule has 1 aromatic rings. The van der Waals surface area contributed by atoms with E-state index >= 15 is 0 Å². The Morgan fingerprint density at radius 2 is 1.71 bits per heavy atom. The summed E-state index contributed by atoms with van der Waals surface area (Å²) in [6, 6.07) is 8.13. The predicted molar refractivity (Wildman–Crippen MR) is 95.1 cm³/mol. The summed E-state index contributed by atoms with van der Waals surface area (Å²) in [5.74, 6) is 1.08. The quantitative estimate of drug-likeness (QED) is 0.783. The number of Topliss-reactive ketones (excluding diaryl/α,β-unsaturated/α-hetero) is 1. The van der Waals surface area contributed by atoms with Crippen LogP contribution < -0.4 is 5.32 Å². The van der Waals surface area contributed by atoms with Gasteiger partial charge in [-0.15, -0.1) is 0 Å². The minimum atomic E-state index is 0.0596. The molecule has 24 heavy (non-hydrogen) atoms. The van der Waals surface area contributed by atoms with Crippen LogP contribution in [0.5, 0.6) is 0 Å². The smallest absolute Gasteiger partial charge is 0.223 e. The first-order valence-electron chi connectivity index (χ1n) is 9.23. The van der Waals surface area contributed by atoms with Crippen molar-refractivity contribution in [3.63, 3.8) is 0 Å². The lowest BCUT2D eigenvalue weighted by molar-refractivity contribution is -0.132. The minimum absolute atomic E-state index is 0.0596. The Morgan fingerprint density at radius 3 is 2.33 bits per heavy atom. The van der Waals surface area contributed by atoms with Gasteiger partial charge in [-0.3, -0.25) is 9.59 Å². The summed E-state index contributed by atoms with van der Waals surface area (Å²) in [4.78, 5) is 26.4. The van der Waals surface area contributed by atoms with Crippen LogP contribution in [0.2, 0.25) is 0 Å². The number of ketones is 1. The van der Waals surface area contributed by atoms with E-state index in [4.69, 9.17) is 0 Å². The van der Waals surface area contributed by atoms with E-state index in [1.54, 1.807) is 0 Å². The summed E-state index contributed by atoms with van der Waals surface area (Å²) >= 11 is 0. The lowest BCUT2D eigenvalue weighted by Crippen LogP contribution is -2.45. The van der Waals surface area contributed by atoms with E-state index in [-0.39, 0.29) is 11.7 Å². The second-order valence-corrected chi connectivity index (χ2v) is 7.30. The maximum atomic E-state index is 12.3. The number of carbonyl (C=O) groups excluding carboxylic acids is 2. The summed E-state index contributed by atoms with van der Waals surface area (Å²) in [7, 11) is 0. The zero-order chi connectivity index (χ0) is 16.9. The first-order valence-corrected chi connectivity index (χ1v) is 9.23. The van der Waals surface area contributed by atoms with Gasteiger partial charge in [-0.2, -0.15) is 0 Å². The Labute approximate surface area is 144 Å². The van der Waals surface area contributed by atoms with Crippen LogP contribution in [0.1, 0.15) is 54.4 Å². The molecule has 0 atom stereocenters. The fourth-order valence-corrected chi connectivity index (χ4v) is 3.25. The minimum Gasteiger partial charge on any atom is -0.343 e.